The summed E-state index contributed by atoms with van der Waals surface area (Å²) in [6.07, 6.45) is -19.7. The van der Waals surface area contributed by atoms with Crippen LogP contribution in [0.2, 0.25) is 0 Å². The topological polar surface area (TPSA) is 337 Å². The van der Waals surface area contributed by atoms with Crippen LogP contribution in [0.1, 0.15) is 113 Å². The van der Waals surface area contributed by atoms with Crippen LogP contribution in [0.15, 0.2) is 11.6 Å². The summed E-state index contributed by atoms with van der Waals surface area (Å²) in [5, 5.41) is 141. The third-order valence-corrected chi connectivity index (χ3v) is 20.1. The second-order valence-electron chi connectivity index (χ2n) is 24.8. The molecule has 4 aliphatic heterocycles. The average Bonchev–Trinajstić information content (AvgIpc) is 3.72. The number of hydrogen-bond donors (Lipinski definition) is 13. The Kier molecular flexibility index (Phi) is 17.4. The number of ether oxygens (including phenoxy) is 8. The summed E-state index contributed by atoms with van der Waals surface area (Å²) < 4.78 is 48.0. The quantitative estimate of drug-likeness (QED) is 0.0739. The van der Waals surface area contributed by atoms with Gasteiger partial charge in [0, 0.05) is 0 Å². The molecule has 28 unspecified atom stereocenters. The fourth-order valence-electron chi connectivity index (χ4n) is 15.7. The standard InChI is InChI=1S/C52H88O21/c1-23(2)10-9-14-52(8,73-47-41(64)38(61)36(59)29(70-47)22-68-44-42(65)43(27(56)21-66-44)72-45-39(62)34(57)26(55)20-67-45)24-11-16-51(7)33(24)25(54)18-31-49(5)15-13-32(48(3,4)30(49)12-17-50(31,51)6)71-46-40(63)37(60)35(58)28(19-53)69-46/h10,24-47,53-65H,9,11-22H2,1-8H3. The zero-order valence-corrected chi connectivity index (χ0v) is 43.7. The predicted octanol–water partition coefficient (Wildman–Crippen LogP) is -0.924. The van der Waals surface area contributed by atoms with Crippen molar-refractivity contribution in [3.63, 3.8) is 0 Å². The van der Waals surface area contributed by atoms with Gasteiger partial charge < -0.3 is 104 Å². The first-order valence-electron chi connectivity index (χ1n) is 26.7. The third-order valence-electron chi connectivity index (χ3n) is 20.1. The molecule has 4 saturated carbocycles. The van der Waals surface area contributed by atoms with E-state index in [2.05, 4.69) is 40.7 Å². The second-order valence-corrected chi connectivity index (χ2v) is 24.8. The van der Waals surface area contributed by atoms with E-state index in [4.69, 9.17) is 37.9 Å². The number of aliphatic hydroxyl groups excluding tert-OH is 13. The highest BCUT2D eigenvalue weighted by molar-refractivity contribution is 5.20. The van der Waals surface area contributed by atoms with Gasteiger partial charge in [-0.25, -0.2) is 0 Å². The van der Waals surface area contributed by atoms with Crippen molar-refractivity contribution < 1.29 is 104 Å². The second kappa shape index (κ2) is 21.9. The molecule has 4 aliphatic carbocycles. The van der Waals surface area contributed by atoms with Crippen LogP contribution < -0.4 is 0 Å². The Balaban J connectivity index is 0.980. The fourth-order valence-corrected chi connectivity index (χ4v) is 15.7. The molecule has 8 aliphatic rings. The van der Waals surface area contributed by atoms with Crippen LogP contribution in [-0.2, 0) is 37.9 Å². The molecular formula is C52H88O21. The molecule has 4 saturated heterocycles. The lowest BCUT2D eigenvalue weighted by molar-refractivity contribution is -0.353. The van der Waals surface area contributed by atoms with Crippen LogP contribution in [0, 0.1) is 45.3 Å². The Hall–Kier alpha value is -1.10. The lowest BCUT2D eigenvalue weighted by atomic mass is 9.35. The van der Waals surface area contributed by atoms with E-state index >= 15 is 0 Å². The van der Waals surface area contributed by atoms with Crippen molar-refractivity contribution in [2.75, 3.05) is 26.4 Å². The largest absolute Gasteiger partial charge is 0.394 e. The van der Waals surface area contributed by atoms with Gasteiger partial charge in [-0.1, -0.05) is 46.3 Å². The summed E-state index contributed by atoms with van der Waals surface area (Å²) in [5.74, 6) is -0.201. The van der Waals surface area contributed by atoms with Crippen LogP contribution in [0.5, 0.6) is 0 Å². The summed E-state index contributed by atoms with van der Waals surface area (Å²) in [4.78, 5) is 0. The van der Waals surface area contributed by atoms with Gasteiger partial charge in [-0.2, -0.15) is 0 Å². The van der Waals surface area contributed by atoms with Crippen LogP contribution in [0.25, 0.3) is 0 Å². The lowest BCUT2D eigenvalue weighted by Gasteiger charge is -2.71. The van der Waals surface area contributed by atoms with Crippen molar-refractivity contribution in [1.82, 2.24) is 0 Å². The molecule has 21 heteroatoms. The minimum Gasteiger partial charge on any atom is -0.394 e. The van der Waals surface area contributed by atoms with Gasteiger partial charge in [-0.3, -0.25) is 0 Å². The molecule has 422 valence electrons. The molecule has 0 aromatic rings. The maximum atomic E-state index is 12.8. The van der Waals surface area contributed by atoms with Crippen LogP contribution in [-0.4, -0.2) is 221 Å². The highest BCUT2D eigenvalue weighted by Crippen LogP contribution is 2.76. The Morgan fingerprint density at radius 1 is 0.603 bits per heavy atom. The Morgan fingerprint density at radius 3 is 1.88 bits per heavy atom. The number of hydrogen-bond acceptors (Lipinski definition) is 21. The summed E-state index contributed by atoms with van der Waals surface area (Å²) in [6.45, 7) is 15.6. The molecule has 28 atom stereocenters. The molecular weight excluding hydrogens is 961 g/mol. The molecule has 0 aromatic heterocycles. The molecule has 8 fully saturated rings. The number of rotatable bonds is 14. The van der Waals surface area contributed by atoms with Gasteiger partial charge in [0.15, 0.2) is 25.2 Å². The zero-order valence-electron chi connectivity index (χ0n) is 43.7. The average molecular weight is 1050 g/mol. The zero-order chi connectivity index (χ0) is 53.5. The monoisotopic (exact) mass is 1050 g/mol. The molecule has 13 N–H and O–H groups in total. The molecule has 0 spiro atoms. The van der Waals surface area contributed by atoms with Gasteiger partial charge in [-0.15, -0.1) is 0 Å². The van der Waals surface area contributed by atoms with E-state index in [-0.39, 0.29) is 59.2 Å². The minimum absolute atomic E-state index is 0.117. The van der Waals surface area contributed by atoms with Crippen LogP contribution in [0.4, 0.5) is 0 Å². The van der Waals surface area contributed by atoms with Gasteiger partial charge in [0.2, 0.25) is 0 Å². The summed E-state index contributed by atoms with van der Waals surface area (Å²) in [5.41, 5.74) is -1.17. The van der Waals surface area contributed by atoms with Gasteiger partial charge in [-0.05, 0) is 124 Å². The van der Waals surface area contributed by atoms with Crippen molar-refractivity contribution in [2.24, 2.45) is 45.3 Å². The summed E-state index contributed by atoms with van der Waals surface area (Å²) >= 11 is 0. The minimum atomic E-state index is -1.75. The van der Waals surface area contributed by atoms with Crippen LogP contribution in [0.3, 0.4) is 0 Å². The Morgan fingerprint density at radius 2 is 1.21 bits per heavy atom. The van der Waals surface area contributed by atoms with Crippen molar-refractivity contribution in [3.05, 3.63) is 11.6 Å². The van der Waals surface area contributed by atoms with E-state index in [0.717, 1.165) is 31.3 Å². The van der Waals surface area contributed by atoms with E-state index in [1.165, 1.54) is 0 Å². The maximum absolute atomic E-state index is 12.8. The van der Waals surface area contributed by atoms with Crippen molar-refractivity contribution in [3.8, 4) is 0 Å². The first kappa shape index (κ1) is 58.1. The SMILES string of the molecule is CC(C)=CCCC(C)(OC1OC(COC2OCC(O)C(OC3OCC(O)C(O)C3O)C2O)C(O)C(O)C1O)C1CCC2(C)C1C(O)CC1C3(C)CCC(OC4OC(CO)C(O)C(O)C4O)C(C)(C)C3CCC12C. The lowest BCUT2D eigenvalue weighted by Crippen LogP contribution is -2.67. The van der Waals surface area contributed by atoms with E-state index in [9.17, 15) is 66.4 Å². The van der Waals surface area contributed by atoms with Gasteiger partial charge in [0.25, 0.3) is 0 Å². The van der Waals surface area contributed by atoms with E-state index in [1.54, 1.807) is 0 Å². The first-order valence-corrected chi connectivity index (χ1v) is 26.7. The molecule has 4 heterocycles. The number of aliphatic hydroxyl groups is 13. The number of fused-ring (bicyclic) bond motifs is 5. The van der Waals surface area contributed by atoms with E-state index < -0.39 is 141 Å². The molecule has 0 amide bonds. The number of allylic oxidation sites excluding steroid dienone is 2. The van der Waals surface area contributed by atoms with Gasteiger partial charge >= 0.3 is 0 Å². The normalized spacial score (nSPS) is 52.8. The Labute approximate surface area is 428 Å². The fraction of sp³-hybridized carbons (Fsp3) is 0.962. The summed E-state index contributed by atoms with van der Waals surface area (Å²) in [7, 11) is 0. The summed E-state index contributed by atoms with van der Waals surface area (Å²) in [6, 6.07) is 0. The molecule has 8 rings (SSSR count). The van der Waals surface area contributed by atoms with E-state index in [1.807, 2.05) is 20.8 Å². The molecule has 21 nitrogen and oxygen atoms in total. The van der Waals surface area contributed by atoms with Gasteiger partial charge in [0.1, 0.15) is 85.5 Å². The predicted molar refractivity (Wildman–Crippen MR) is 254 cm³/mol. The highest BCUT2D eigenvalue weighted by atomic mass is 16.7. The van der Waals surface area contributed by atoms with Crippen molar-refractivity contribution in [2.45, 2.75) is 242 Å². The molecule has 0 radical (unpaired) electrons. The third kappa shape index (κ3) is 10.3. The van der Waals surface area contributed by atoms with Crippen molar-refractivity contribution >= 4 is 0 Å². The van der Waals surface area contributed by atoms with E-state index in [0.29, 0.717) is 32.1 Å². The van der Waals surface area contributed by atoms with Crippen molar-refractivity contribution in [1.29, 1.82) is 0 Å². The van der Waals surface area contributed by atoms with Gasteiger partial charge in [0.05, 0.1) is 44.2 Å². The molecule has 73 heavy (non-hydrogen) atoms. The molecule has 0 bridgehead atoms. The smallest absolute Gasteiger partial charge is 0.187 e. The molecule has 0 aromatic carbocycles. The first-order chi connectivity index (χ1) is 34.1. The van der Waals surface area contributed by atoms with Crippen LogP contribution >= 0.6 is 0 Å². The highest BCUT2D eigenvalue weighted by Gasteiger charge is 2.72. The maximum Gasteiger partial charge on any atom is 0.187 e. The Bertz CT molecular complexity index is 1890.